The number of hydrogen-bond donors (Lipinski definition) is 2. The van der Waals surface area contributed by atoms with Crippen LogP contribution in [0.3, 0.4) is 0 Å². The van der Waals surface area contributed by atoms with E-state index in [1.807, 2.05) is 11.8 Å². The minimum atomic E-state index is 0.294. The zero-order valence-electron chi connectivity index (χ0n) is 13.3. The summed E-state index contributed by atoms with van der Waals surface area (Å²) in [5.74, 6) is 8.30. The van der Waals surface area contributed by atoms with E-state index in [1.165, 1.54) is 11.5 Å². The smallest absolute Gasteiger partial charge is 0.0641 e. The van der Waals surface area contributed by atoms with E-state index in [2.05, 4.69) is 54.9 Å². The van der Waals surface area contributed by atoms with Gasteiger partial charge in [0.1, 0.15) is 0 Å². The Morgan fingerprint density at radius 1 is 1.38 bits per heavy atom. The highest BCUT2D eigenvalue weighted by molar-refractivity contribution is 8.07. The highest BCUT2D eigenvalue weighted by atomic mass is 32.2. The van der Waals surface area contributed by atoms with Crippen LogP contribution in [0.25, 0.3) is 0 Å². The van der Waals surface area contributed by atoms with Crippen LogP contribution in [0.5, 0.6) is 0 Å². The Balaban J connectivity index is 2.01. The van der Waals surface area contributed by atoms with E-state index in [-0.39, 0.29) is 0 Å². The number of nitrogens with two attached hydrogens (primary N) is 1. The Morgan fingerprint density at radius 2 is 2.10 bits per heavy atom. The first-order valence-electron chi connectivity index (χ1n) is 7.92. The number of thioether (sulfide) groups is 2. The van der Waals surface area contributed by atoms with Crippen molar-refractivity contribution >= 4 is 23.5 Å². The summed E-state index contributed by atoms with van der Waals surface area (Å²) in [6, 6.07) is 2.96. The largest absolute Gasteiger partial charge is 0.271 e. The first kappa shape index (κ1) is 17.2. The van der Waals surface area contributed by atoms with Crippen molar-refractivity contribution in [2.45, 2.75) is 62.6 Å². The molecule has 3 unspecified atom stereocenters. The van der Waals surface area contributed by atoms with E-state index in [0.717, 1.165) is 25.0 Å². The molecule has 0 spiro atoms. The van der Waals surface area contributed by atoms with Gasteiger partial charge in [0.05, 0.1) is 11.7 Å². The molecule has 0 bridgehead atoms. The molecule has 1 aromatic rings. The molecule has 0 aliphatic carbocycles. The maximum Gasteiger partial charge on any atom is 0.0641 e. The first-order valence-corrected chi connectivity index (χ1v) is 10.0. The molecule has 6 heteroatoms. The Hall–Kier alpha value is -0.170. The number of rotatable bonds is 7. The predicted molar refractivity (Wildman–Crippen MR) is 94.8 cm³/mol. The van der Waals surface area contributed by atoms with Gasteiger partial charge >= 0.3 is 0 Å². The lowest BCUT2D eigenvalue weighted by molar-refractivity contribution is 0.421. The van der Waals surface area contributed by atoms with Crippen LogP contribution < -0.4 is 11.3 Å². The van der Waals surface area contributed by atoms with Crippen LogP contribution in [-0.4, -0.2) is 37.8 Å². The van der Waals surface area contributed by atoms with Crippen molar-refractivity contribution in [2.24, 2.45) is 5.84 Å². The lowest BCUT2D eigenvalue weighted by Gasteiger charge is -2.33. The fraction of sp³-hybridized carbons (Fsp3) is 0.800. The summed E-state index contributed by atoms with van der Waals surface area (Å²) in [7, 11) is 0. The monoisotopic (exact) mass is 328 g/mol. The summed E-state index contributed by atoms with van der Waals surface area (Å²) in [5.41, 5.74) is 4.18. The second-order valence-corrected chi connectivity index (χ2v) is 8.42. The lowest BCUT2D eigenvalue weighted by atomic mass is 10.1. The molecule has 1 fully saturated rings. The molecule has 2 heterocycles. The number of nitrogens with zero attached hydrogens (tertiary/aromatic N) is 2. The highest BCUT2D eigenvalue weighted by Crippen LogP contribution is 2.33. The quantitative estimate of drug-likeness (QED) is 0.595. The Kier molecular flexibility index (Phi) is 6.92. The number of nitrogens with one attached hydrogen (secondary N) is 1. The fourth-order valence-corrected chi connectivity index (χ4v) is 5.88. The topological polar surface area (TPSA) is 55.9 Å². The molecule has 3 atom stereocenters. The van der Waals surface area contributed by atoms with Gasteiger partial charge in [0, 0.05) is 40.7 Å². The maximum atomic E-state index is 5.83. The van der Waals surface area contributed by atoms with Crippen molar-refractivity contribution in [3.8, 4) is 0 Å². The molecule has 0 radical (unpaired) electrons. The summed E-state index contributed by atoms with van der Waals surface area (Å²) in [6.07, 6.45) is 5.28. The first-order chi connectivity index (χ1) is 10.2. The maximum absolute atomic E-state index is 5.83. The molecular formula is C15H28N4S2. The molecule has 3 N–H and O–H groups in total. The van der Waals surface area contributed by atoms with Crippen LogP contribution >= 0.6 is 23.5 Å². The second kappa shape index (κ2) is 8.46. The van der Waals surface area contributed by atoms with E-state index < -0.39 is 0 Å². The number of aromatic nitrogens is 2. The average Bonchev–Trinajstić information content (AvgIpc) is 2.95. The molecular weight excluding hydrogens is 300 g/mol. The fourth-order valence-electron chi connectivity index (χ4n) is 2.94. The lowest BCUT2D eigenvalue weighted by Crippen LogP contribution is -2.48. The highest BCUT2D eigenvalue weighted by Gasteiger charge is 2.30. The zero-order chi connectivity index (χ0) is 15.2. The van der Waals surface area contributed by atoms with Crippen LogP contribution in [0.15, 0.2) is 12.3 Å². The van der Waals surface area contributed by atoms with E-state index >= 15 is 0 Å². The van der Waals surface area contributed by atoms with Gasteiger partial charge in [0.25, 0.3) is 0 Å². The zero-order valence-corrected chi connectivity index (χ0v) is 14.9. The minimum Gasteiger partial charge on any atom is -0.271 e. The van der Waals surface area contributed by atoms with Gasteiger partial charge in [0.2, 0.25) is 0 Å². The van der Waals surface area contributed by atoms with Crippen molar-refractivity contribution < 1.29 is 0 Å². The van der Waals surface area contributed by atoms with Crippen LogP contribution in [-0.2, 0) is 6.42 Å². The SMILES string of the molecule is CCC(CC)n1ccc(CC(NN)C2SCCSC2C)n1. The molecule has 0 amide bonds. The standard InChI is InChI=1S/C15H28N4S2/c1-4-13(5-2)19-7-6-12(18-19)10-14(17-16)15-11(3)20-8-9-21-15/h6-7,11,13-15,17H,4-5,8-10,16H2,1-3H3. The van der Waals surface area contributed by atoms with E-state index in [0.29, 0.717) is 22.6 Å². The van der Waals surface area contributed by atoms with Crippen molar-refractivity contribution in [2.75, 3.05) is 11.5 Å². The van der Waals surface area contributed by atoms with Gasteiger partial charge < -0.3 is 0 Å². The molecule has 0 saturated carbocycles. The summed E-state index contributed by atoms with van der Waals surface area (Å²) < 4.78 is 2.12. The van der Waals surface area contributed by atoms with Gasteiger partial charge in [-0.1, -0.05) is 20.8 Å². The van der Waals surface area contributed by atoms with Crippen LogP contribution in [0.2, 0.25) is 0 Å². The molecule has 120 valence electrons. The molecule has 1 aliphatic rings. The molecule has 0 aromatic carbocycles. The average molecular weight is 329 g/mol. The summed E-state index contributed by atoms with van der Waals surface area (Å²) in [5, 5.41) is 5.97. The van der Waals surface area contributed by atoms with Gasteiger partial charge in [-0.15, -0.1) is 0 Å². The number of hydrazine groups is 1. The molecule has 1 saturated heterocycles. The van der Waals surface area contributed by atoms with Gasteiger partial charge in [0.15, 0.2) is 0 Å². The summed E-state index contributed by atoms with van der Waals surface area (Å²) in [6.45, 7) is 6.75. The van der Waals surface area contributed by atoms with Crippen LogP contribution in [0.4, 0.5) is 0 Å². The van der Waals surface area contributed by atoms with Crippen molar-refractivity contribution in [3.05, 3.63) is 18.0 Å². The van der Waals surface area contributed by atoms with E-state index in [4.69, 9.17) is 10.9 Å². The molecule has 1 aliphatic heterocycles. The van der Waals surface area contributed by atoms with Gasteiger partial charge in [-0.05, 0) is 18.9 Å². The third-order valence-corrected chi connectivity index (χ3v) is 7.51. The second-order valence-electron chi connectivity index (χ2n) is 5.65. The normalized spacial score (nSPS) is 24.4. The van der Waals surface area contributed by atoms with Gasteiger partial charge in [-0.2, -0.15) is 28.6 Å². The third kappa shape index (κ3) is 4.41. The molecule has 1 aromatic heterocycles. The Labute approximate surface area is 137 Å². The van der Waals surface area contributed by atoms with E-state index in [9.17, 15) is 0 Å². The Morgan fingerprint density at radius 3 is 2.71 bits per heavy atom. The van der Waals surface area contributed by atoms with Crippen molar-refractivity contribution in [3.63, 3.8) is 0 Å². The van der Waals surface area contributed by atoms with E-state index in [1.54, 1.807) is 0 Å². The molecule has 2 rings (SSSR count). The molecule has 21 heavy (non-hydrogen) atoms. The predicted octanol–water partition coefficient (Wildman–Crippen LogP) is 2.86. The van der Waals surface area contributed by atoms with Crippen molar-refractivity contribution in [1.29, 1.82) is 0 Å². The molecule has 4 nitrogen and oxygen atoms in total. The van der Waals surface area contributed by atoms with Crippen LogP contribution in [0, 0.1) is 0 Å². The summed E-state index contributed by atoms with van der Waals surface area (Å²) >= 11 is 4.10. The third-order valence-electron chi connectivity index (χ3n) is 4.26. The van der Waals surface area contributed by atoms with Crippen molar-refractivity contribution in [1.82, 2.24) is 15.2 Å². The number of hydrogen-bond acceptors (Lipinski definition) is 5. The van der Waals surface area contributed by atoms with Gasteiger partial charge in [-0.25, -0.2) is 0 Å². The summed E-state index contributed by atoms with van der Waals surface area (Å²) in [4.78, 5) is 0. The van der Waals surface area contributed by atoms with Gasteiger partial charge in [-0.3, -0.25) is 16.0 Å². The minimum absolute atomic E-state index is 0.294. The Bertz CT molecular complexity index is 420. The van der Waals surface area contributed by atoms with Crippen LogP contribution in [0.1, 0.15) is 45.3 Å².